The lowest BCUT2D eigenvalue weighted by molar-refractivity contribution is -0.654. The van der Waals surface area contributed by atoms with Crippen molar-refractivity contribution in [2.24, 2.45) is 7.05 Å². The summed E-state index contributed by atoms with van der Waals surface area (Å²) in [6.07, 6.45) is 3.76. The number of pyridine rings is 1. The highest BCUT2D eigenvalue weighted by Crippen LogP contribution is 2.37. The van der Waals surface area contributed by atoms with Crippen LogP contribution in [0.15, 0.2) is 77.3 Å². The quantitative estimate of drug-likeness (QED) is 0.392. The molecule has 0 saturated carbocycles. The summed E-state index contributed by atoms with van der Waals surface area (Å²) >= 11 is 0. The SMILES string of the molecule is [2H]C([2H])([2H])c1c[n+](C)c(B2C=Cc3oc4ccccc4c3N2C)cc1-c1ccccc1. The van der Waals surface area contributed by atoms with Crippen molar-refractivity contribution >= 4 is 35.2 Å². The van der Waals surface area contributed by atoms with Gasteiger partial charge in [0.15, 0.2) is 11.8 Å². The standard InChI is InChI=1S/C24H22BN2O/c1-17-16-26(2)23(15-20(17)18-9-5-4-6-10-18)25-14-13-22-24(27(25)3)19-11-7-8-12-21(19)28-22/h4-16H,1-3H3/q+1/i1D3. The van der Waals surface area contributed by atoms with Gasteiger partial charge in [0.05, 0.1) is 5.69 Å². The maximum absolute atomic E-state index is 8.06. The van der Waals surface area contributed by atoms with Crippen LogP contribution in [-0.4, -0.2) is 13.9 Å². The fourth-order valence-electron chi connectivity index (χ4n) is 4.09. The van der Waals surface area contributed by atoms with E-state index < -0.39 is 6.85 Å². The number of hydrogen-bond acceptors (Lipinski definition) is 2. The number of hydrogen-bond donors (Lipinski definition) is 0. The number of benzene rings is 2. The van der Waals surface area contributed by atoms with E-state index in [1.807, 2.05) is 72.3 Å². The van der Waals surface area contributed by atoms with Crippen molar-refractivity contribution < 1.29 is 13.1 Å². The van der Waals surface area contributed by atoms with Crippen molar-refractivity contribution in [3.05, 3.63) is 84.2 Å². The van der Waals surface area contributed by atoms with Gasteiger partial charge in [0.25, 0.3) is 0 Å². The molecule has 1 aliphatic heterocycles. The Labute approximate surface area is 169 Å². The molecule has 0 aliphatic carbocycles. The highest BCUT2D eigenvalue weighted by atomic mass is 16.3. The lowest BCUT2D eigenvalue weighted by atomic mass is 9.54. The number of fused-ring (bicyclic) bond motifs is 3. The van der Waals surface area contributed by atoms with Crippen molar-refractivity contribution in [2.75, 3.05) is 11.9 Å². The summed E-state index contributed by atoms with van der Waals surface area (Å²) in [6, 6.07) is 19.7. The van der Waals surface area contributed by atoms with Gasteiger partial charge in [-0.15, -0.1) is 0 Å². The van der Waals surface area contributed by atoms with Crippen LogP contribution in [0, 0.1) is 6.85 Å². The van der Waals surface area contributed by atoms with E-state index in [9.17, 15) is 0 Å². The molecule has 0 unspecified atom stereocenters. The second-order valence-corrected chi connectivity index (χ2v) is 7.23. The van der Waals surface area contributed by atoms with Gasteiger partial charge in [-0.05, 0) is 43.2 Å². The van der Waals surface area contributed by atoms with Crippen LogP contribution in [0.4, 0.5) is 5.69 Å². The molecule has 3 nitrogen and oxygen atoms in total. The smallest absolute Gasteiger partial charge is 0.396 e. The second kappa shape index (κ2) is 6.41. The third-order valence-corrected chi connectivity index (χ3v) is 5.50. The molecular formula is C24H22BN2O+. The van der Waals surface area contributed by atoms with Crippen molar-refractivity contribution in [3.63, 3.8) is 0 Å². The first-order valence-corrected chi connectivity index (χ1v) is 9.36. The van der Waals surface area contributed by atoms with Gasteiger partial charge >= 0.3 is 6.85 Å². The van der Waals surface area contributed by atoms with E-state index in [1.165, 1.54) is 0 Å². The van der Waals surface area contributed by atoms with Crippen LogP contribution in [0.5, 0.6) is 0 Å². The molecule has 2 aromatic heterocycles. The van der Waals surface area contributed by atoms with Crippen LogP contribution in [-0.2, 0) is 7.05 Å². The van der Waals surface area contributed by atoms with Gasteiger partial charge in [0, 0.05) is 21.1 Å². The molecule has 0 spiro atoms. The van der Waals surface area contributed by atoms with E-state index in [0.29, 0.717) is 5.56 Å². The average molecular weight is 368 g/mol. The molecule has 0 atom stereocenters. The molecule has 136 valence electrons. The van der Waals surface area contributed by atoms with Gasteiger partial charge in [-0.2, -0.15) is 0 Å². The van der Waals surface area contributed by atoms with E-state index in [2.05, 4.69) is 23.9 Å². The van der Waals surface area contributed by atoms with Gasteiger partial charge < -0.3 is 9.23 Å². The number of para-hydroxylation sites is 1. The molecule has 0 N–H and O–H groups in total. The first-order valence-electron chi connectivity index (χ1n) is 10.9. The van der Waals surface area contributed by atoms with Crippen LogP contribution >= 0.6 is 0 Å². The minimum Gasteiger partial charge on any atom is -0.455 e. The summed E-state index contributed by atoms with van der Waals surface area (Å²) in [5, 5.41) is 1.07. The van der Waals surface area contributed by atoms with Gasteiger partial charge in [0.1, 0.15) is 18.4 Å². The first-order chi connectivity index (χ1) is 14.8. The maximum Gasteiger partial charge on any atom is 0.396 e. The van der Waals surface area contributed by atoms with Gasteiger partial charge in [-0.1, -0.05) is 48.4 Å². The van der Waals surface area contributed by atoms with Crippen molar-refractivity contribution in [1.82, 2.24) is 0 Å². The van der Waals surface area contributed by atoms with Crippen LogP contribution in [0.1, 0.15) is 15.4 Å². The first kappa shape index (κ1) is 13.8. The molecule has 0 radical (unpaired) electrons. The number of nitrogens with zero attached hydrogens (tertiary/aromatic N) is 2. The van der Waals surface area contributed by atoms with Crippen molar-refractivity contribution in [3.8, 4) is 11.1 Å². The van der Waals surface area contributed by atoms with E-state index >= 15 is 0 Å². The third-order valence-electron chi connectivity index (χ3n) is 5.50. The third kappa shape index (κ3) is 2.56. The zero-order valence-electron chi connectivity index (χ0n) is 18.9. The molecule has 2 aromatic carbocycles. The summed E-state index contributed by atoms with van der Waals surface area (Å²) in [4.78, 5) is 2.19. The Hall–Kier alpha value is -3.27. The maximum atomic E-state index is 8.06. The predicted octanol–water partition coefficient (Wildman–Crippen LogP) is 4.13. The van der Waals surface area contributed by atoms with Gasteiger partial charge in [0.2, 0.25) is 0 Å². The Morgan fingerprint density at radius 1 is 1.07 bits per heavy atom. The highest BCUT2D eigenvalue weighted by Gasteiger charge is 2.35. The molecular weight excluding hydrogens is 343 g/mol. The molecule has 0 fully saturated rings. The molecule has 4 heteroatoms. The van der Waals surface area contributed by atoms with Gasteiger partial charge in [-0.25, -0.2) is 4.57 Å². The Kier molecular flexibility index (Phi) is 3.17. The number of rotatable bonds is 2. The Balaban J connectivity index is 1.67. The van der Waals surface area contributed by atoms with E-state index in [-0.39, 0.29) is 6.85 Å². The summed E-state index contributed by atoms with van der Waals surface area (Å²) in [5.74, 6) is 2.94. The number of anilines is 1. The van der Waals surface area contributed by atoms with E-state index in [4.69, 9.17) is 8.53 Å². The summed E-state index contributed by atoms with van der Waals surface area (Å²) in [5.41, 5.74) is 4.88. The normalized spacial score (nSPS) is 15.3. The largest absolute Gasteiger partial charge is 0.455 e. The molecule has 0 saturated heterocycles. The minimum absolute atomic E-state index is 0.0633. The predicted molar refractivity (Wildman–Crippen MR) is 117 cm³/mol. The molecule has 4 aromatic rings. The van der Waals surface area contributed by atoms with Gasteiger partial charge in [-0.3, -0.25) is 0 Å². The lowest BCUT2D eigenvalue weighted by Gasteiger charge is -2.26. The van der Waals surface area contributed by atoms with Crippen molar-refractivity contribution in [1.29, 1.82) is 0 Å². The molecule has 0 amide bonds. The summed E-state index contributed by atoms with van der Waals surface area (Å²) < 4.78 is 32.1. The van der Waals surface area contributed by atoms with Crippen molar-refractivity contribution in [2.45, 2.75) is 6.85 Å². The van der Waals surface area contributed by atoms with Crippen LogP contribution in [0.25, 0.3) is 28.2 Å². The fraction of sp³-hybridized carbons (Fsp3) is 0.125. The number of aromatic nitrogens is 1. The lowest BCUT2D eigenvalue weighted by Crippen LogP contribution is -2.60. The zero-order valence-corrected chi connectivity index (χ0v) is 15.9. The molecule has 5 rings (SSSR count). The zero-order chi connectivity index (χ0) is 21.8. The van der Waals surface area contributed by atoms with Crippen LogP contribution < -0.4 is 15.0 Å². The molecule has 0 bridgehead atoms. The number of aryl methyl sites for hydroxylation is 2. The van der Waals surface area contributed by atoms with E-state index in [1.54, 1.807) is 6.20 Å². The molecule has 28 heavy (non-hydrogen) atoms. The molecule has 3 heterocycles. The van der Waals surface area contributed by atoms with Crippen LogP contribution in [0.2, 0.25) is 0 Å². The second-order valence-electron chi connectivity index (χ2n) is 7.23. The fourth-order valence-corrected chi connectivity index (χ4v) is 4.09. The molecule has 1 aliphatic rings. The van der Waals surface area contributed by atoms with Crippen LogP contribution in [0.3, 0.4) is 0 Å². The Morgan fingerprint density at radius 2 is 1.86 bits per heavy atom. The number of furan rings is 1. The highest BCUT2D eigenvalue weighted by molar-refractivity contribution is 6.81. The summed E-state index contributed by atoms with van der Waals surface area (Å²) in [7, 11) is 3.96. The van der Waals surface area contributed by atoms with E-state index in [0.717, 1.165) is 39.1 Å². The topological polar surface area (TPSA) is 20.3 Å². The monoisotopic (exact) mass is 368 g/mol. The Morgan fingerprint density at radius 3 is 2.68 bits per heavy atom. The minimum atomic E-state index is -2.20. The Bertz CT molecular complexity index is 1310. The summed E-state index contributed by atoms with van der Waals surface area (Å²) in [6.45, 7) is -2.27. The average Bonchev–Trinajstić information content (AvgIpc) is 3.13.